The summed E-state index contributed by atoms with van der Waals surface area (Å²) in [5.74, 6) is -0.737. The van der Waals surface area contributed by atoms with Gasteiger partial charge in [-0.25, -0.2) is 4.98 Å². The smallest absolute Gasteiger partial charge is 0.311 e. The van der Waals surface area contributed by atoms with E-state index in [1.165, 1.54) is 34.2 Å². The van der Waals surface area contributed by atoms with Gasteiger partial charge in [0.1, 0.15) is 0 Å². The molecule has 1 N–H and O–H groups in total. The Bertz CT molecular complexity index is 1090. The summed E-state index contributed by atoms with van der Waals surface area (Å²) in [7, 11) is 0. The van der Waals surface area contributed by atoms with Crippen LogP contribution < -0.4 is 10.9 Å². The molecule has 0 aliphatic carbocycles. The fourth-order valence-electron chi connectivity index (χ4n) is 2.74. The number of pyridine rings is 1. The lowest BCUT2D eigenvalue weighted by molar-refractivity contribution is -0.142. The number of carbonyl (C=O) groups is 2. The first-order valence-corrected chi connectivity index (χ1v) is 10.0. The van der Waals surface area contributed by atoms with Crippen molar-refractivity contribution < 1.29 is 14.3 Å². The van der Waals surface area contributed by atoms with Gasteiger partial charge in [-0.15, -0.1) is 11.3 Å². The van der Waals surface area contributed by atoms with Crippen molar-refractivity contribution in [1.82, 2.24) is 9.55 Å². The molecule has 3 rings (SSSR count). The Morgan fingerprint density at radius 2 is 2.00 bits per heavy atom. The number of anilines is 1. The molecule has 1 amide bonds. The molecule has 7 nitrogen and oxygen atoms in total. The number of aryl methyl sites for hydroxylation is 1. The molecule has 2 aromatic heterocycles. The van der Waals surface area contributed by atoms with E-state index in [0.29, 0.717) is 29.5 Å². The third-order valence-electron chi connectivity index (χ3n) is 4.25. The minimum Gasteiger partial charge on any atom is -0.466 e. The molecule has 0 aliphatic rings. The van der Waals surface area contributed by atoms with Gasteiger partial charge in [-0.1, -0.05) is 24.3 Å². The Morgan fingerprint density at radius 3 is 2.76 bits per heavy atom. The van der Waals surface area contributed by atoms with Gasteiger partial charge in [-0.3, -0.25) is 19.7 Å². The van der Waals surface area contributed by atoms with Crippen molar-refractivity contribution in [1.29, 1.82) is 0 Å². The SMILES string of the molecule is CCOC(=O)Cc1csc(NC(=O)c2ccc(=O)n(Cc3ccccc3C)c2)n1. The van der Waals surface area contributed by atoms with Crippen molar-refractivity contribution in [2.24, 2.45) is 0 Å². The predicted octanol–water partition coefficient (Wildman–Crippen LogP) is 3.02. The third-order valence-corrected chi connectivity index (χ3v) is 5.06. The second-order valence-electron chi connectivity index (χ2n) is 6.39. The average molecular weight is 411 g/mol. The molecule has 0 fully saturated rings. The zero-order valence-corrected chi connectivity index (χ0v) is 17.0. The number of nitrogens with one attached hydrogen (secondary N) is 1. The lowest BCUT2D eigenvalue weighted by Crippen LogP contribution is -2.22. The van der Waals surface area contributed by atoms with Gasteiger partial charge < -0.3 is 9.30 Å². The fourth-order valence-corrected chi connectivity index (χ4v) is 3.44. The molecule has 1 aromatic carbocycles. The van der Waals surface area contributed by atoms with Gasteiger partial charge in [0.05, 0.1) is 30.8 Å². The van der Waals surface area contributed by atoms with Gasteiger partial charge in [0.25, 0.3) is 11.5 Å². The molecule has 0 aliphatic heterocycles. The number of ether oxygens (including phenoxy) is 1. The molecule has 0 unspecified atom stereocenters. The van der Waals surface area contributed by atoms with Gasteiger partial charge in [-0.05, 0) is 31.0 Å². The lowest BCUT2D eigenvalue weighted by Gasteiger charge is -2.10. The highest BCUT2D eigenvalue weighted by Gasteiger charge is 2.13. The highest BCUT2D eigenvalue weighted by Crippen LogP contribution is 2.17. The molecule has 3 aromatic rings. The molecule has 29 heavy (non-hydrogen) atoms. The summed E-state index contributed by atoms with van der Waals surface area (Å²) in [5, 5.41) is 4.79. The summed E-state index contributed by atoms with van der Waals surface area (Å²) in [6, 6.07) is 10.7. The van der Waals surface area contributed by atoms with Gasteiger partial charge in [-0.2, -0.15) is 0 Å². The van der Waals surface area contributed by atoms with Crippen molar-refractivity contribution in [3.63, 3.8) is 0 Å². The molecule has 0 atom stereocenters. The maximum absolute atomic E-state index is 12.6. The van der Waals surface area contributed by atoms with Crippen LogP contribution in [0.25, 0.3) is 0 Å². The number of thiazole rings is 1. The number of carbonyl (C=O) groups excluding carboxylic acids is 2. The van der Waals surface area contributed by atoms with Crippen molar-refractivity contribution in [2.45, 2.75) is 26.8 Å². The Morgan fingerprint density at radius 1 is 1.21 bits per heavy atom. The predicted molar refractivity (Wildman–Crippen MR) is 111 cm³/mol. The minimum atomic E-state index is -0.374. The number of hydrogen-bond donors (Lipinski definition) is 1. The van der Waals surface area contributed by atoms with Gasteiger partial charge in [0.2, 0.25) is 0 Å². The van der Waals surface area contributed by atoms with Crippen LogP contribution in [0.15, 0.2) is 52.8 Å². The molecule has 2 heterocycles. The molecule has 0 saturated heterocycles. The van der Waals surface area contributed by atoms with Crippen LogP contribution in [0.4, 0.5) is 5.13 Å². The molecular weight excluding hydrogens is 390 g/mol. The Labute approximate surface area is 172 Å². The zero-order valence-electron chi connectivity index (χ0n) is 16.2. The van der Waals surface area contributed by atoms with Gasteiger partial charge >= 0.3 is 5.97 Å². The van der Waals surface area contributed by atoms with E-state index in [-0.39, 0.29) is 23.9 Å². The van der Waals surface area contributed by atoms with Crippen molar-refractivity contribution in [2.75, 3.05) is 11.9 Å². The number of hydrogen-bond acceptors (Lipinski definition) is 6. The largest absolute Gasteiger partial charge is 0.466 e. The van der Waals surface area contributed by atoms with Crippen LogP contribution >= 0.6 is 11.3 Å². The van der Waals surface area contributed by atoms with Crippen LogP contribution in [0.3, 0.4) is 0 Å². The van der Waals surface area contributed by atoms with E-state index < -0.39 is 0 Å². The first-order chi connectivity index (χ1) is 14.0. The summed E-state index contributed by atoms with van der Waals surface area (Å²) >= 11 is 1.23. The van der Waals surface area contributed by atoms with E-state index in [2.05, 4.69) is 10.3 Å². The first kappa shape index (κ1) is 20.5. The van der Waals surface area contributed by atoms with E-state index in [4.69, 9.17) is 4.74 Å². The van der Waals surface area contributed by atoms with E-state index in [0.717, 1.165) is 11.1 Å². The number of rotatable bonds is 7. The quantitative estimate of drug-likeness (QED) is 0.604. The Balaban J connectivity index is 1.72. The second-order valence-corrected chi connectivity index (χ2v) is 7.25. The normalized spacial score (nSPS) is 10.6. The Kier molecular flexibility index (Phi) is 6.56. The monoisotopic (exact) mass is 411 g/mol. The number of esters is 1. The first-order valence-electron chi connectivity index (χ1n) is 9.12. The standard InChI is InChI=1S/C21H21N3O4S/c1-3-28-19(26)10-17-13-29-21(22-17)23-20(27)16-8-9-18(25)24(12-16)11-15-7-5-4-6-14(15)2/h4-9,12-13H,3,10-11H2,1-2H3,(H,22,23,27). The number of nitrogens with zero attached hydrogens (tertiary/aromatic N) is 2. The van der Waals surface area contributed by atoms with E-state index in [1.54, 1.807) is 12.3 Å². The molecule has 150 valence electrons. The fraction of sp³-hybridized carbons (Fsp3) is 0.238. The van der Waals surface area contributed by atoms with E-state index >= 15 is 0 Å². The highest BCUT2D eigenvalue weighted by molar-refractivity contribution is 7.14. The van der Waals surface area contributed by atoms with Crippen LogP contribution in [-0.4, -0.2) is 28.0 Å². The number of aromatic nitrogens is 2. The van der Waals surface area contributed by atoms with Crippen LogP contribution in [0, 0.1) is 6.92 Å². The minimum absolute atomic E-state index is 0.0571. The van der Waals surface area contributed by atoms with Crippen molar-refractivity contribution in [3.05, 3.63) is 80.7 Å². The van der Waals surface area contributed by atoms with Gasteiger partial charge in [0, 0.05) is 17.6 Å². The molecule has 0 bridgehead atoms. The van der Waals surface area contributed by atoms with Crippen molar-refractivity contribution >= 4 is 28.3 Å². The average Bonchev–Trinajstić information content (AvgIpc) is 3.12. The van der Waals surface area contributed by atoms with Crippen LogP contribution in [0.2, 0.25) is 0 Å². The highest BCUT2D eigenvalue weighted by atomic mass is 32.1. The summed E-state index contributed by atoms with van der Waals surface area (Å²) in [6.45, 7) is 4.41. The molecule has 0 radical (unpaired) electrons. The summed E-state index contributed by atoms with van der Waals surface area (Å²) in [6.07, 6.45) is 1.60. The van der Waals surface area contributed by atoms with Crippen molar-refractivity contribution in [3.8, 4) is 0 Å². The second kappa shape index (κ2) is 9.29. The van der Waals surface area contributed by atoms with Crippen LogP contribution in [-0.2, 0) is 22.5 Å². The summed E-state index contributed by atoms with van der Waals surface area (Å²) in [5.41, 5.74) is 2.78. The topological polar surface area (TPSA) is 90.3 Å². The van der Waals surface area contributed by atoms with Crippen LogP contribution in [0.5, 0.6) is 0 Å². The van der Waals surface area contributed by atoms with Gasteiger partial charge in [0.15, 0.2) is 5.13 Å². The number of benzene rings is 1. The third kappa shape index (κ3) is 5.39. The maximum Gasteiger partial charge on any atom is 0.311 e. The molecule has 0 spiro atoms. The summed E-state index contributed by atoms with van der Waals surface area (Å²) < 4.78 is 6.40. The molecule has 8 heteroatoms. The zero-order chi connectivity index (χ0) is 20.8. The number of amides is 1. The summed E-state index contributed by atoms with van der Waals surface area (Å²) in [4.78, 5) is 40.5. The lowest BCUT2D eigenvalue weighted by atomic mass is 10.1. The van der Waals surface area contributed by atoms with E-state index in [1.807, 2.05) is 31.2 Å². The van der Waals surface area contributed by atoms with E-state index in [9.17, 15) is 14.4 Å². The molecular formula is C21H21N3O4S. The Hall–Kier alpha value is -3.26. The molecule has 0 saturated carbocycles. The van der Waals surface area contributed by atoms with Crippen LogP contribution in [0.1, 0.15) is 34.1 Å². The maximum atomic E-state index is 12.6.